The smallest absolute Gasteiger partial charge is 0.00726 e. The molecule has 0 aliphatic carbocycles. The van der Waals surface area contributed by atoms with Gasteiger partial charge in [0.1, 0.15) is 0 Å². The van der Waals surface area contributed by atoms with Crippen molar-refractivity contribution in [2.75, 3.05) is 0 Å². The number of hydrogen-bond acceptors (Lipinski definition) is 0. The molecule has 0 atom stereocenters. The summed E-state index contributed by atoms with van der Waals surface area (Å²) >= 11 is 0. The van der Waals surface area contributed by atoms with Crippen molar-refractivity contribution < 1.29 is 0 Å². The molecule has 0 radical (unpaired) electrons. The third kappa shape index (κ3) is 6.31. The van der Waals surface area contributed by atoms with Crippen LogP contribution in [0.15, 0.2) is 36.4 Å². The third-order valence-corrected chi connectivity index (χ3v) is 3.10. The number of benzene rings is 1. The molecule has 0 spiro atoms. The highest BCUT2D eigenvalue weighted by atomic mass is 14.0. The van der Waals surface area contributed by atoms with Crippen LogP contribution in [0.5, 0.6) is 0 Å². The molecule has 0 unspecified atom stereocenters. The molecule has 0 saturated carbocycles. The van der Waals surface area contributed by atoms with E-state index in [0.717, 1.165) is 6.42 Å². The van der Waals surface area contributed by atoms with Gasteiger partial charge >= 0.3 is 0 Å². The minimum atomic E-state index is 1.01. The second-order valence-corrected chi connectivity index (χ2v) is 5.11. The number of rotatable bonds is 8. The summed E-state index contributed by atoms with van der Waals surface area (Å²) in [5, 5.41) is 0. The molecule has 1 aromatic rings. The fourth-order valence-corrected chi connectivity index (χ4v) is 2.10. The predicted molar refractivity (Wildman–Crippen MR) is 77.4 cm³/mol. The van der Waals surface area contributed by atoms with E-state index >= 15 is 0 Å². The summed E-state index contributed by atoms with van der Waals surface area (Å²) in [7, 11) is 0. The molecule has 94 valence electrons. The van der Waals surface area contributed by atoms with Crippen LogP contribution in [-0.4, -0.2) is 0 Å². The van der Waals surface area contributed by atoms with Crippen molar-refractivity contribution in [1.82, 2.24) is 0 Å². The second-order valence-electron chi connectivity index (χ2n) is 5.11. The van der Waals surface area contributed by atoms with Gasteiger partial charge in [-0.1, -0.05) is 69.0 Å². The molecule has 0 aliphatic rings. The molecule has 0 heteroatoms. The first-order chi connectivity index (χ1) is 8.22. The van der Waals surface area contributed by atoms with Gasteiger partial charge in [-0.15, -0.1) is 0 Å². The highest BCUT2D eigenvalue weighted by Crippen LogP contribution is 2.12. The van der Waals surface area contributed by atoms with E-state index in [0.29, 0.717) is 0 Å². The summed E-state index contributed by atoms with van der Waals surface area (Å²) in [4.78, 5) is 0. The van der Waals surface area contributed by atoms with Crippen LogP contribution in [0.2, 0.25) is 0 Å². The lowest BCUT2D eigenvalue weighted by atomic mass is 10.0. The van der Waals surface area contributed by atoms with Crippen LogP contribution in [0.3, 0.4) is 0 Å². The van der Waals surface area contributed by atoms with Gasteiger partial charge in [-0.05, 0) is 37.3 Å². The summed E-state index contributed by atoms with van der Waals surface area (Å²) < 4.78 is 0. The molecule has 0 saturated heterocycles. The van der Waals surface area contributed by atoms with Gasteiger partial charge in [0.25, 0.3) is 0 Å². The van der Waals surface area contributed by atoms with Gasteiger partial charge in [0.2, 0.25) is 0 Å². The first-order valence-corrected chi connectivity index (χ1v) is 6.94. The zero-order valence-corrected chi connectivity index (χ0v) is 11.5. The third-order valence-electron chi connectivity index (χ3n) is 3.10. The van der Waals surface area contributed by atoms with E-state index in [1.54, 1.807) is 0 Å². The molecule has 1 aromatic carbocycles. The van der Waals surface area contributed by atoms with Crippen LogP contribution < -0.4 is 0 Å². The van der Waals surface area contributed by atoms with E-state index in [9.17, 15) is 0 Å². The van der Waals surface area contributed by atoms with Gasteiger partial charge in [-0.3, -0.25) is 0 Å². The fourth-order valence-electron chi connectivity index (χ4n) is 2.10. The molecule has 0 heterocycles. The van der Waals surface area contributed by atoms with E-state index < -0.39 is 0 Å². The predicted octanol–water partition coefficient (Wildman–Crippen LogP) is 5.32. The lowest BCUT2D eigenvalue weighted by Gasteiger charge is -2.04. The maximum atomic E-state index is 3.95. The molecule has 17 heavy (non-hydrogen) atoms. The first-order valence-electron chi connectivity index (χ1n) is 6.94. The van der Waals surface area contributed by atoms with E-state index in [4.69, 9.17) is 0 Å². The molecule has 0 nitrogen and oxygen atoms in total. The van der Waals surface area contributed by atoms with Crippen molar-refractivity contribution in [3.05, 3.63) is 47.5 Å². The van der Waals surface area contributed by atoms with E-state index in [1.165, 1.54) is 55.2 Å². The zero-order valence-electron chi connectivity index (χ0n) is 11.5. The minimum Gasteiger partial charge on any atom is -0.0998 e. The van der Waals surface area contributed by atoms with Gasteiger partial charge in [0.05, 0.1) is 0 Å². The largest absolute Gasteiger partial charge is 0.0998 e. The highest BCUT2D eigenvalue weighted by molar-refractivity contribution is 5.25. The van der Waals surface area contributed by atoms with Crippen molar-refractivity contribution in [2.45, 2.75) is 58.8 Å². The fraction of sp³-hybridized carbons (Fsp3) is 0.529. The van der Waals surface area contributed by atoms with Crippen LogP contribution in [0.25, 0.3) is 0 Å². The normalized spacial score (nSPS) is 10.5. The van der Waals surface area contributed by atoms with Gasteiger partial charge in [-0.25, -0.2) is 0 Å². The molecule has 0 amide bonds. The Morgan fingerprint density at radius 3 is 2.12 bits per heavy atom. The van der Waals surface area contributed by atoms with Crippen LogP contribution in [-0.2, 0) is 12.8 Å². The van der Waals surface area contributed by atoms with Crippen LogP contribution in [0, 0.1) is 0 Å². The Bertz CT molecular complexity index is 318. The topological polar surface area (TPSA) is 0 Å². The van der Waals surface area contributed by atoms with Crippen molar-refractivity contribution in [2.24, 2.45) is 0 Å². The van der Waals surface area contributed by atoms with E-state index in [-0.39, 0.29) is 0 Å². The number of aryl methyl sites for hydroxylation is 1. The summed E-state index contributed by atoms with van der Waals surface area (Å²) in [5.74, 6) is 0. The Morgan fingerprint density at radius 2 is 1.53 bits per heavy atom. The Kier molecular flexibility index (Phi) is 6.69. The monoisotopic (exact) mass is 230 g/mol. The maximum absolute atomic E-state index is 3.95. The SMILES string of the molecule is C=C(C)Cc1ccc(CCCCCCC)cc1. The van der Waals surface area contributed by atoms with Gasteiger partial charge in [0.15, 0.2) is 0 Å². The van der Waals surface area contributed by atoms with Crippen molar-refractivity contribution in [3.8, 4) is 0 Å². The zero-order chi connectivity index (χ0) is 12.5. The van der Waals surface area contributed by atoms with Crippen molar-refractivity contribution in [1.29, 1.82) is 0 Å². The average Bonchev–Trinajstić information content (AvgIpc) is 2.30. The standard InChI is InChI=1S/C17H26/c1-4-5-6-7-8-9-16-10-12-17(13-11-16)14-15(2)3/h10-13H,2,4-9,14H2,1,3H3. The second kappa shape index (κ2) is 8.11. The lowest BCUT2D eigenvalue weighted by molar-refractivity contribution is 0.632. The van der Waals surface area contributed by atoms with Crippen molar-refractivity contribution >= 4 is 0 Å². The number of allylic oxidation sites excluding steroid dienone is 1. The Hall–Kier alpha value is -1.04. The molecular weight excluding hydrogens is 204 g/mol. The Labute approximate surface area is 107 Å². The molecule has 0 fully saturated rings. The van der Waals surface area contributed by atoms with Gasteiger partial charge in [-0.2, -0.15) is 0 Å². The first kappa shape index (κ1) is 14.0. The van der Waals surface area contributed by atoms with E-state index in [2.05, 4.69) is 44.7 Å². The number of unbranched alkanes of at least 4 members (excludes halogenated alkanes) is 4. The van der Waals surface area contributed by atoms with Crippen molar-refractivity contribution in [3.63, 3.8) is 0 Å². The molecule has 0 aliphatic heterocycles. The maximum Gasteiger partial charge on any atom is -0.00726 e. The lowest BCUT2D eigenvalue weighted by Crippen LogP contribution is -1.89. The Morgan fingerprint density at radius 1 is 0.941 bits per heavy atom. The van der Waals surface area contributed by atoms with E-state index in [1.807, 2.05) is 0 Å². The average molecular weight is 230 g/mol. The molecule has 0 bridgehead atoms. The molecular formula is C17H26. The molecule has 0 aromatic heterocycles. The summed E-state index contributed by atoms with van der Waals surface area (Å²) in [6.45, 7) is 8.30. The van der Waals surface area contributed by atoms with Crippen LogP contribution in [0.1, 0.15) is 57.1 Å². The van der Waals surface area contributed by atoms with Crippen LogP contribution >= 0.6 is 0 Å². The summed E-state index contributed by atoms with van der Waals surface area (Å²) in [6.07, 6.45) is 9.06. The van der Waals surface area contributed by atoms with Gasteiger partial charge in [0, 0.05) is 0 Å². The van der Waals surface area contributed by atoms with Crippen LogP contribution in [0.4, 0.5) is 0 Å². The highest BCUT2D eigenvalue weighted by Gasteiger charge is 1.96. The minimum absolute atomic E-state index is 1.01. The summed E-state index contributed by atoms with van der Waals surface area (Å²) in [6, 6.07) is 9.04. The number of hydrogen-bond donors (Lipinski definition) is 0. The Balaban J connectivity index is 2.28. The molecule has 1 rings (SSSR count). The van der Waals surface area contributed by atoms with Gasteiger partial charge < -0.3 is 0 Å². The quantitative estimate of drug-likeness (QED) is 0.419. The summed E-state index contributed by atoms with van der Waals surface area (Å²) in [5.41, 5.74) is 4.09. The molecule has 0 N–H and O–H groups in total.